The Balaban J connectivity index is 1.12. The normalized spacial score (nSPS) is 15.5. The summed E-state index contributed by atoms with van der Waals surface area (Å²) in [6.07, 6.45) is 6.79. The van der Waals surface area contributed by atoms with E-state index in [-0.39, 0.29) is 24.0 Å². The molecule has 6 aromatic rings. The Morgan fingerprint density at radius 2 is 1.98 bits per heavy atom. The number of likely N-dealkylation sites (tertiary alicyclic amines) is 1. The van der Waals surface area contributed by atoms with Crippen LogP contribution in [0.3, 0.4) is 0 Å². The number of hydrogen-bond acceptors (Lipinski definition) is 7. The van der Waals surface area contributed by atoms with Crippen molar-refractivity contribution >= 4 is 38.4 Å². The van der Waals surface area contributed by atoms with Crippen molar-refractivity contribution in [2.75, 3.05) is 39.1 Å². The first-order valence-corrected chi connectivity index (χ1v) is 14.6. The van der Waals surface area contributed by atoms with Gasteiger partial charge in [-0.25, -0.2) is 4.98 Å². The standard InChI is InChI=1S/C32H35N7O4/c1-37-10-7-21(8-11-37)39-17-20-14-26-27(15-24(20)32(39)42)36-30(35-26)29-25(5-9-33-31(29)41)34-16-22(40)18-38-12-6-19-13-23(43-2)3-4-28(19)38/h3-6,9,12-15,17,21-22,40,42H,7-8,10-11,16,18H2,1-2H3,(H,35,36)(H2,33,34,41)/t22-/m1/s1. The molecule has 5 heterocycles. The third-order valence-corrected chi connectivity index (χ3v) is 8.61. The van der Waals surface area contributed by atoms with Gasteiger partial charge in [-0.05, 0) is 75.4 Å². The van der Waals surface area contributed by atoms with Crippen LogP contribution in [0.1, 0.15) is 18.9 Å². The zero-order chi connectivity index (χ0) is 29.7. The maximum Gasteiger partial charge on any atom is 0.261 e. The lowest BCUT2D eigenvalue weighted by Crippen LogP contribution is -2.31. The second-order valence-electron chi connectivity index (χ2n) is 11.5. The van der Waals surface area contributed by atoms with E-state index in [9.17, 15) is 15.0 Å². The average Bonchev–Trinajstić information content (AvgIpc) is 3.70. The molecule has 1 atom stereocenters. The number of methoxy groups -OCH3 is 1. The maximum absolute atomic E-state index is 13.0. The SMILES string of the molecule is COc1ccc2c(ccn2C[C@H](O)CNc2cc[nH]c(=O)c2-c2nc3cc4c(O)n(C5CCN(C)CC5)cc4cc3[nH]2)c1. The van der Waals surface area contributed by atoms with Crippen LogP contribution in [0.2, 0.25) is 0 Å². The number of anilines is 1. The molecule has 11 nitrogen and oxygen atoms in total. The van der Waals surface area contributed by atoms with Crippen molar-refractivity contribution in [2.24, 2.45) is 0 Å². The van der Waals surface area contributed by atoms with Crippen molar-refractivity contribution in [2.45, 2.75) is 31.5 Å². The molecule has 0 unspecified atom stereocenters. The van der Waals surface area contributed by atoms with Gasteiger partial charge in [0.1, 0.15) is 17.1 Å². The van der Waals surface area contributed by atoms with Gasteiger partial charge in [0.15, 0.2) is 5.88 Å². The molecule has 1 saturated heterocycles. The molecule has 0 bridgehead atoms. The number of piperidine rings is 1. The average molecular weight is 582 g/mol. The Kier molecular flexibility index (Phi) is 6.83. The molecule has 11 heteroatoms. The first-order chi connectivity index (χ1) is 20.9. The monoisotopic (exact) mass is 581 g/mol. The van der Waals surface area contributed by atoms with Crippen LogP contribution in [-0.2, 0) is 6.54 Å². The summed E-state index contributed by atoms with van der Waals surface area (Å²) in [5.41, 5.74) is 3.05. The van der Waals surface area contributed by atoms with Crippen molar-refractivity contribution in [1.82, 2.24) is 29.0 Å². The van der Waals surface area contributed by atoms with Gasteiger partial charge in [0.25, 0.3) is 5.56 Å². The third-order valence-electron chi connectivity index (χ3n) is 8.61. The van der Waals surface area contributed by atoms with Crippen LogP contribution in [0.15, 0.2) is 65.8 Å². The van der Waals surface area contributed by atoms with Gasteiger partial charge in [0.05, 0.1) is 36.5 Å². The number of nitrogens with one attached hydrogen (secondary N) is 3. The quantitative estimate of drug-likeness (QED) is 0.181. The topological polar surface area (TPSA) is 136 Å². The second-order valence-corrected chi connectivity index (χ2v) is 11.5. The van der Waals surface area contributed by atoms with E-state index in [2.05, 4.69) is 27.2 Å². The lowest BCUT2D eigenvalue weighted by molar-refractivity contribution is 0.168. The number of fused-ring (bicyclic) bond motifs is 3. The first kappa shape index (κ1) is 27.1. The van der Waals surface area contributed by atoms with E-state index in [4.69, 9.17) is 9.72 Å². The predicted octanol–water partition coefficient (Wildman–Crippen LogP) is 4.28. The summed E-state index contributed by atoms with van der Waals surface area (Å²) in [5, 5.41) is 27.9. The lowest BCUT2D eigenvalue weighted by Gasteiger charge is -2.30. The minimum atomic E-state index is -0.718. The number of aliphatic hydroxyl groups is 1. The highest BCUT2D eigenvalue weighted by Gasteiger charge is 2.23. The number of aromatic hydroxyl groups is 1. The van der Waals surface area contributed by atoms with Gasteiger partial charge in [-0.1, -0.05) is 0 Å². The van der Waals surface area contributed by atoms with Gasteiger partial charge in [-0.2, -0.15) is 0 Å². The van der Waals surface area contributed by atoms with Crippen molar-refractivity contribution in [3.05, 3.63) is 71.4 Å². The van der Waals surface area contributed by atoms with E-state index in [1.54, 1.807) is 19.4 Å². The van der Waals surface area contributed by atoms with Crippen LogP contribution in [0.5, 0.6) is 11.6 Å². The fourth-order valence-electron chi connectivity index (χ4n) is 6.24. The van der Waals surface area contributed by atoms with Gasteiger partial charge in [0.2, 0.25) is 0 Å². The van der Waals surface area contributed by atoms with Gasteiger partial charge in [0, 0.05) is 52.9 Å². The highest BCUT2D eigenvalue weighted by Crippen LogP contribution is 2.36. The zero-order valence-electron chi connectivity index (χ0n) is 24.2. The van der Waals surface area contributed by atoms with E-state index >= 15 is 0 Å². The Morgan fingerprint density at radius 3 is 2.79 bits per heavy atom. The fraction of sp³-hybridized carbons (Fsp3) is 0.312. The molecular formula is C32H35N7O4. The Morgan fingerprint density at radius 1 is 1.14 bits per heavy atom. The van der Waals surface area contributed by atoms with Crippen molar-refractivity contribution in [3.8, 4) is 23.0 Å². The number of imidazole rings is 1. The number of ether oxygens (including phenoxy) is 1. The molecule has 0 spiro atoms. The van der Waals surface area contributed by atoms with Crippen LogP contribution >= 0.6 is 0 Å². The van der Waals surface area contributed by atoms with Crippen LogP contribution in [0.4, 0.5) is 5.69 Å². The highest BCUT2D eigenvalue weighted by molar-refractivity contribution is 5.99. The molecule has 0 aliphatic carbocycles. The first-order valence-electron chi connectivity index (χ1n) is 14.6. The van der Waals surface area contributed by atoms with Gasteiger partial charge in [-0.3, -0.25) is 4.79 Å². The van der Waals surface area contributed by atoms with Crippen LogP contribution < -0.4 is 15.6 Å². The molecule has 0 saturated carbocycles. The number of benzene rings is 2. The number of aromatic amines is 2. The van der Waals surface area contributed by atoms with E-state index < -0.39 is 6.10 Å². The smallest absolute Gasteiger partial charge is 0.261 e. The van der Waals surface area contributed by atoms with E-state index in [1.807, 2.05) is 57.9 Å². The lowest BCUT2D eigenvalue weighted by atomic mass is 10.1. The predicted molar refractivity (Wildman–Crippen MR) is 168 cm³/mol. The molecule has 222 valence electrons. The number of H-pyrrole nitrogens is 2. The summed E-state index contributed by atoms with van der Waals surface area (Å²) in [5.74, 6) is 1.45. The summed E-state index contributed by atoms with van der Waals surface area (Å²) in [7, 11) is 3.76. The largest absolute Gasteiger partial charge is 0.497 e. The summed E-state index contributed by atoms with van der Waals surface area (Å²) >= 11 is 0. The van der Waals surface area contributed by atoms with E-state index in [0.717, 1.165) is 58.9 Å². The molecule has 4 aromatic heterocycles. The molecule has 5 N–H and O–H groups in total. The fourth-order valence-corrected chi connectivity index (χ4v) is 6.24. The van der Waals surface area contributed by atoms with E-state index in [0.29, 0.717) is 29.1 Å². The molecule has 2 aromatic carbocycles. The van der Waals surface area contributed by atoms with Crippen LogP contribution in [-0.4, -0.2) is 79.1 Å². The Labute approximate surface area is 247 Å². The summed E-state index contributed by atoms with van der Waals surface area (Å²) in [6, 6.07) is 13.7. The number of pyridine rings is 1. The zero-order valence-corrected chi connectivity index (χ0v) is 24.2. The Hall–Kier alpha value is -4.74. The van der Waals surface area contributed by atoms with Gasteiger partial charge in [-0.15, -0.1) is 0 Å². The second kappa shape index (κ2) is 10.8. The molecule has 0 amide bonds. The highest BCUT2D eigenvalue weighted by atomic mass is 16.5. The van der Waals surface area contributed by atoms with Crippen molar-refractivity contribution in [1.29, 1.82) is 0 Å². The molecule has 1 aliphatic heterocycles. The van der Waals surface area contributed by atoms with Crippen molar-refractivity contribution in [3.63, 3.8) is 0 Å². The Bertz CT molecular complexity index is 1990. The number of rotatable bonds is 8. The van der Waals surface area contributed by atoms with Crippen molar-refractivity contribution < 1.29 is 14.9 Å². The van der Waals surface area contributed by atoms with Gasteiger partial charge >= 0.3 is 0 Å². The molecular weight excluding hydrogens is 546 g/mol. The van der Waals surface area contributed by atoms with E-state index in [1.165, 1.54) is 0 Å². The summed E-state index contributed by atoms with van der Waals surface area (Å²) in [4.78, 5) is 26.1. The molecule has 1 aliphatic rings. The molecule has 7 rings (SSSR count). The minimum Gasteiger partial charge on any atom is -0.497 e. The number of aromatic nitrogens is 5. The number of nitrogens with zero attached hydrogens (tertiary/aromatic N) is 4. The summed E-state index contributed by atoms with van der Waals surface area (Å²) in [6.45, 7) is 2.61. The molecule has 1 fully saturated rings. The maximum atomic E-state index is 13.0. The third kappa shape index (κ3) is 5.00. The minimum absolute atomic E-state index is 0.228. The summed E-state index contributed by atoms with van der Waals surface area (Å²) < 4.78 is 9.29. The van der Waals surface area contributed by atoms with Crippen LogP contribution in [0.25, 0.3) is 44.1 Å². The number of aliphatic hydroxyl groups excluding tert-OH is 1. The van der Waals surface area contributed by atoms with Gasteiger partial charge < -0.3 is 44.3 Å². The molecule has 43 heavy (non-hydrogen) atoms. The molecule has 0 radical (unpaired) electrons. The number of hydrogen-bond donors (Lipinski definition) is 5. The van der Waals surface area contributed by atoms with Crippen LogP contribution in [0, 0.1) is 0 Å².